The number of nitrogens with zero attached hydrogens (tertiary/aromatic N) is 1. The number of carboxylic acid groups (broad SMARTS) is 1. The zero-order valence-electron chi connectivity index (χ0n) is 7.25. The fourth-order valence-corrected chi connectivity index (χ4v) is 1.39. The van der Waals surface area contributed by atoms with Crippen molar-refractivity contribution in [3.8, 4) is 0 Å². The van der Waals surface area contributed by atoms with Crippen LogP contribution < -0.4 is 0 Å². The van der Waals surface area contributed by atoms with Gasteiger partial charge in [-0.3, -0.25) is 10.1 Å². The van der Waals surface area contributed by atoms with Gasteiger partial charge >= 0.3 is 5.97 Å². The highest BCUT2D eigenvalue weighted by atomic mass is 79.9. The lowest BCUT2D eigenvalue weighted by molar-refractivity contribution is -0.386. The summed E-state index contributed by atoms with van der Waals surface area (Å²) < 4.78 is 0.440. The lowest BCUT2D eigenvalue weighted by Gasteiger charge is -2.06. The van der Waals surface area contributed by atoms with Gasteiger partial charge in [0.25, 0.3) is 5.69 Å². The molecule has 0 saturated heterocycles. The first-order valence-electron chi connectivity index (χ1n) is 3.78. The summed E-state index contributed by atoms with van der Waals surface area (Å²) in [5.74, 6) is -1.53. The molecule has 0 radical (unpaired) electrons. The molecule has 80 valence electrons. The van der Waals surface area contributed by atoms with E-state index in [0.717, 1.165) is 6.07 Å². The van der Waals surface area contributed by atoms with Gasteiger partial charge in [0.15, 0.2) is 6.10 Å². The first kappa shape index (κ1) is 11.6. The Morgan fingerprint density at radius 2 is 2.13 bits per heavy atom. The molecule has 2 N–H and O–H groups in total. The highest BCUT2D eigenvalue weighted by Gasteiger charge is 2.25. The molecule has 1 aromatic rings. The smallest absolute Gasteiger partial charge is 0.337 e. The molecule has 1 aromatic carbocycles. The molecule has 0 aliphatic heterocycles. The minimum atomic E-state index is -1.89. The third-order valence-corrected chi connectivity index (χ3v) is 2.21. The first-order chi connectivity index (χ1) is 6.93. The number of rotatable bonds is 3. The van der Waals surface area contributed by atoms with Crippen molar-refractivity contribution in [3.63, 3.8) is 0 Å². The highest BCUT2D eigenvalue weighted by molar-refractivity contribution is 9.10. The highest BCUT2D eigenvalue weighted by Crippen LogP contribution is 2.28. The third-order valence-electron chi connectivity index (χ3n) is 1.72. The van der Waals surface area contributed by atoms with Gasteiger partial charge in [0.05, 0.1) is 10.5 Å². The summed E-state index contributed by atoms with van der Waals surface area (Å²) in [5, 5.41) is 28.3. The van der Waals surface area contributed by atoms with Crippen molar-refractivity contribution < 1.29 is 19.9 Å². The predicted molar refractivity (Wildman–Crippen MR) is 53.4 cm³/mol. The van der Waals surface area contributed by atoms with Gasteiger partial charge in [-0.25, -0.2) is 4.79 Å². The van der Waals surface area contributed by atoms with Crippen LogP contribution in [0.3, 0.4) is 0 Å². The summed E-state index contributed by atoms with van der Waals surface area (Å²) in [4.78, 5) is 20.3. The van der Waals surface area contributed by atoms with Crippen LogP contribution in [0.4, 0.5) is 5.69 Å². The molecule has 0 bridgehead atoms. The van der Waals surface area contributed by atoms with Gasteiger partial charge in [-0.1, -0.05) is 15.9 Å². The Bertz CT molecular complexity index is 419. The average molecular weight is 276 g/mol. The quantitative estimate of drug-likeness (QED) is 0.643. The maximum atomic E-state index is 10.6. The van der Waals surface area contributed by atoms with Gasteiger partial charge in [-0.15, -0.1) is 0 Å². The van der Waals surface area contributed by atoms with E-state index in [0.29, 0.717) is 4.47 Å². The van der Waals surface area contributed by atoms with Crippen LogP contribution in [0.1, 0.15) is 11.7 Å². The normalized spacial score (nSPS) is 12.1. The van der Waals surface area contributed by atoms with Crippen LogP contribution in [0.15, 0.2) is 22.7 Å². The van der Waals surface area contributed by atoms with Crippen LogP contribution in [0.5, 0.6) is 0 Å². The van der Waals surface area contributed by atoms with Crippen LogP contribution in [0.25, 0.3) is 0 Å². The zero-order chi connectivity index (χ0) is 11.6. The van der Waals surface area contributed by atoms with Gasteiger partial charge < -0.3 is 10.2 Å². The second-order valence-corrected chi connectivity index (χ2v) is 3.62. The minimum absolute atomic E-state index is 0.240. The van der Waals surface area contributed by atoms with Crippen LogP contribution in [0.2, 0.25) is 0 Å². The molecule has 0 aliphatic carbocycles. The second-order valence-electron chi connectivity index (χ2n) is 2.70. The molecule has 0 saturated carbocycles. The molecule has 0 heterocycles. The van der Waals surface area contributed by atoms with E-state index >= 15 is 0 Å². The van der Waals surface area contributed by atoms with E-state index in [1.54, 1.807) is 0 Å². The fourth-order valence-electron chi connectivity index (χ4n) is 1.04. The van der Waals surface area contributed by atoms with Crippen molar-refractivity contribution >= 4 is 27.6 Å². The summed E-state index contributed by atoms with van der Waals surface area (Å²) in [6.45, 7) is 0. The number of aliphatic carboxylic acids is 1. The Morgan fingerprint density at radius 1 is 1.53 bits per heavy atom. The topological polar surface area (TPSA) is 101 Å². The minimum Gasteiger partial charge on any atom is -0.479 e. The standard InChI is InChI=1S/C8H6BrNO5/c9-4-1-2-5(7(11)8(12)13)6(3-4)10(14)15/h1-3,7,11H,(H,12,13)/t7-/m1/s1. The lowest BCUT2D eigenvalue weighted by atomic mass is 10.1. The Labute approximate surface area is 92.4 Å². The Morgan fingerprint density at radius 3 is 2.60 bits per heavy atom. The molecule has 0 aliphatic rings. The van der Waals surface area contributed by atoms with Gasteiger partial charge in [-0.2, -0.15) is 0 Å². The summed E-state index contributed by atoms with van der Waals surface area (Å²) in [6, 6.07) is 3.76. The number of hydrogen-bond donors (Lipinski definition) is 2. The first-order valence-corrected chi connectivity index (χ1v) is 4.57. The van der Waals surface area contributed by atoms with Crippen molar-refractivity contribution in [3.05, 3.63) is 38.3 Å². The van der Waals surface area contributed by atoms with Crippen LogP contribution in [-0.2, 0) is 4.79 Å². The monoisotopic (exact) mass is 275 g/mol. The maximum Gasteiger partial charge on any atom is 0.337 e. The fraction of sp³-hybridized carbons (Fsp3) is 0.125. The Balaban J connectivity index is 3.28. The lowest BCUT2D eigenvalue weighted by Crippen LogP contribution is -2.12. The van der Waals surface area contributed by atoms with Crippen molar-refractivity contribution in [1.82, 2.24) is 0 Å². The van der Waals surface area contributed by atoms with Gasteiger partial charge in [0, 0.05) is 10.5 Å². The van der Waals surface area contributed by atoms with E-state index in [4.69, 9.17) is 5.11 Å². The summed E-state index contributed by atoms with van der Waals surface area (Å²) in [5.41, 5.74) is -0.671. The number of carbonyl (C=O) groups is 1. The van der Waals surface area contributed by atoms with Crippen molar-refractivity contribution in [2.24, 2.45) is 0 Å². The average Bonchev–Trinajstić information content (AvgIpc) is 2.16. The summed E-state index contributed by atoms with van der Waals surface area (Å²) in [7, 11) is 0. The number of aliphatic hydroxyl groups excluding tert-OH is 1. The van der Waals surface area contributed by atoms with E-state index in [1.807, 2.05) is 0 Å². The molecular weight excluding hydrogens is 270 g/mol. The molecule has 1 atom stereocenters. The summed E-state index contributed by atoms with van der Waals surface area (Å²) >= 11 is 3.02. The Hall–Kier alpha value is -1.47. The summed E-state index contributed by atoms with van der Waals surface area (Å²) in [6.07, 6.45) is -1.89. The van der Waals surface area contributed by atoms with Crippen molar-refractivity contribution in [1.29, 1.82) is 0 Å². The molecule has 15 heavy (non-hydrogen) atoms. The molecule has 0 aromatic heterocycles. The van der Waals surface area contributed by atoms with Crippen LogP contribution >= 0.6 is 15.9 Å². The number of aliphatic hydroxyl groups is 1. The van der Waals surface area contributed by atoms with E-state index in [1.165, 1.54) is 12.1 Å². The van der Waals surface area contributed by atoms with E-state index in [9.17, 15) is 20.0 Å². The Kier molecular flexibility index (Phi) is 3.38. The number of nitro benzene ring substituents is 1. The number of nitro groups is 1. The molecule has 7 heteroatoms. The predicted octanol–water partition coefficient (Wildman–Crippen LogP) is 1.48. The molecule has 0 amide bonds. The molecule has 0 unspecified atom stereocenters. The molecule has 1 rings (SSSR count). The molecule has 6 nitrogen and oxygen atoms in total. The van der Waals surface area contributed by atoms with Crippen molar-refractivity contribution in [2.75, 3.05) is 0 Å². The van der Waals surface area contributed by atoms with Gasteiger partial charge in [0.2, 0.25) is 0 Å². The molecular formula is C8H6BrNO5. The van der Waals surface area contributed by atoms with Gasteiger partial charge in [-0.05, 0) is 12.1 Å². The van der Waals surface area contributed by atoms with E-state index in [-0.39, 0.29) is 5.56 Å². The van der Waals surface area contributed by atoms with E-state index in [2.05, 4.69) is 15.9 Å². The largest absolute Gasteiger partial charge is 0.479 e. The molecule has 0 fully saturated rings. The number of benzene rings is 1. The molecule has 0 spiro atoms. The SMILES string of the molecule is O=C(O)[C@H](O)c1ccc(Br)cc1[N+](=O)[O-]. The van der Waals surface area contributed by atoms with E-state index < -0.39 is 22.7 Å². The number of hydrogen-bond acceptors (Lipinski definition) is 4. The number of halogens is 1. The van der Waals surface area contributed by atoms with Crippen LogP contribution in [-0.4, -0.2) is 21.1 Å². The van der Waals surface area contributed by atoms with Crippen LogP contribution in [0, 0.1) is 10.1 Å². The number of carboxylic acids is 1. The van der Waals surface area contributed by atoms with Crippen molar-refractivity contribution in [2.45, 2.75) is 6.10 Å². The third kappa shape index (κ3) is 2.51. The van der Waals surface area contributed by atoms with Gasteiger partial charge in [0.1, 0.15) is 0 Å². The maximum absolute atomic E-state index is 10.6. The zero-order valence-corrected chi connectivity index (χ0v) is 8.84. The second kappa shape index (κ2) is 4.37.